The van der Waals surface area contributed by atoms with Crippen LogP contribution in [0.1, 0.15) is 20.8 Å². The lowest BCUT2D eigenvalue weighted by Crippen LogP contribution is -2.36. The second-order valence-electron chi connectivity index (χ2n) is 2.81. The van der Waals surface area contributed by atoms with E-state index in [1.165, 1.54) is 11.4 Å². The number of rotatable bonds is 1. The molecule has 0 aromatic carbocycles. The van der Waals surface area contributed by atoms with Crippen molar-refractivity contribution in [2.75, 3.05) is 5.33 Å². The number of alkyl halides is 1. The molecule has 62 valence electrons. The Morgan fingerprint density at radius 3 is 2.73 bits per heavy atom. The first-order valence-corrected chi connectivity index (χ1v) is 4.84. The van der Waals surface area contributed by atoms with Crippen molar-refractivity contribution in [1.29, 1.82) is 0 Å². The highest BCUT2D eigenvalue weighted by Gasteiger charge is 2.14. The second-order valence-corrected chi connectivity index (χ2v) is 3.37. The predicted octanol–water partition coefficient (Wildman–Crippen LogP) is 2.07. The molecule has 0 bridgehead atoms. The molecule has 0 aliphatic carbocycles. The molecule has 0 radical (unpaired) electrons. The number of hydrogen-bond acceptors (Lipinski definition) is 2. The lowest BCUT2D eigenvalue weighted by molar-refractivity contribution is 0.727. The van der Waals surface area contributed by atoms with Gasteiger partial charge in [0.15, 0.2) is 0 Å². The number of halogens is 1. The minimum Gasteiger partial charge on any atom is -0.379 e. The lowest BCUT2D eigenvalue weighted by atomic mass is 10.1. The Morgan fingerprint density at radius 2 is 2.18 bits per heavy atom. The van der Waals surface area contributed by atoms with Crippen molar-refractivity contribution in [3.63, 3.8) is 0 Å². The van der Waals surface area contributed by atoms with E-state index in [2.05, 4.69) is 40.1 Å². The fourth-order valence-electron chi connectivity index (χ4n) is 1.05. The molecule has 1 aliphatic rings. The van der Waals surface area contributed by atoms with Gasteiger partial charge in [-0.1, -0.05) is 15.9 Å². The zero-order chi connectivity index (χ0) is 8.43. The van der Waals surface area contributed by atoms with Gasteiger partial charge in [-0.25, -0.2) is 0 Å². The molecule has 1 unspecified atom stereocenters. The Balaban J connectivity index is 2.87. The average Bonchev–Trinajstić information content (AvgIpc) is 1.97. The molecule has 0 saturated carbocycles. The van der Waals surface area contributed by atoms with Crippen molar-refractivity contribution >= 4 is 21.6 Å². The fraction of sp³-hybridized carbons (Fsp3) is 0.625. The van der Waals surface area contributed by atoms with Crippen LogP contribution in [0.15, 0.2) is 16.4 Å². The van der Waals surface area contributed by atoms with Crippen LogP contribution in [0, 0.1) is 0 Å². The third-order valence-electron chi connectivity index (χ3n) is 1.92. The van der Waals surface area contributed by atoms with Crippen LogP contribution in [-0.4, -0.2) is 17.1 Å². The first-order chi connectivity index (χ1) is 5.15. The van der Waals surface area contributed by atoms with E-state index in [9.17, 15) is 0 Å². The molecule has 0 aromatic rings. The number of hydrogen-bond donors (Lipinski definition) is 1. The summed E-state index contributed by atoms with van der Waals surface area (Å²) in [4.78, 5) is 4.45. The second kappa shape index (κ2) is 3.39. The molecule has 0 spiro atoms. The largest absolute Gasteiger partial charge is 0.379 e. The molecule has 0 fully saturated rings. The molecule has 3 heteroatoms. The van der Waals surface area contributed by atoms with E-state index in [0.717, 1.165) is 11.0 Å². The molecule has 0 aromatic heterocycles. The Labute approximate surface area is 75.9 Å². The zero-order valence-electron chi connectivity index (χ0n) is 7.11. The molecule has 1 rings (SSSR count). The van der Waals surface area contributed by atoms with Crippen LogP contribution < -0.4 is 5.32 Å². The van der Waals surface area contributed by atoms with Gasteiger partial charge in [0.25, 0.3) is 0 Å². The Bertz CT molecular complexity index is 218. The van der Waals surface area contributed by atoms with Gasteiger partial charge in [0.1, 0.15) is 0 Å². The number of aliphatic imine (C=N–C) groups is 1. The van der Waals surface area contributed by atoms with Crippen LogP contribution in [0.3, 0.4) is 0 Å². The zero-order valence-corrected chi connectivity index (χ0v) is 8.70. The third-order valence-corrected chi connectivity index (χ3v) is 2.50. The van der Waals surface area contributed by atoms with Crippen LogP contribution in [0.25, 0.3) is 0 Å². The summed E-state index contributed by atoms with van der Waals surface area (Å²) in [5.41, 5.74) is 3.45. The van der Waals surface area contributed by atoms with E-state index in [0.29, 0.717) is 6.04 Å². The van der Waals surface area contributed by atoms with Crippen LogP contribution in [0.4, 0.5) is 0 Å². The first kappa shape index (κ1) is 8.78. The van der Waals surface area contributed by atoms with E-state index in [-0.39, 0.29) is 0 Å². The summed E-state index contributed by atoms with van der Waals surface area (Å²) in [5, 5.41) is 4.20. The van der Waals surface area contributed by atoms with Gasteiger partial charge in [-0.2, -0.15) is 0 Å². The summed E-state index contributed by atoms with van der Waals surface area (Å²) in [6, 6.07) is 0.373. The summed E-state index contributed by atoms with van der Waals surface area (Å²) < 4.78 is 0. The van der Waals surface area contributed by atoms with Gasteiger partial charge in [-0.15, -0.1) is 0 Å². The number of nitrogens with one attached hydrogen (secondary N) is 1. The van der Waals surface area contributed by atoms with Gasteiger partial charge in [-0.3, -0.25) is 4.99 Å². The van der Waals surface area contributed by atoms with Crippen molar-refractivity contribution < 1.29 is 0 Å². The van der Waals surface area contributed by atoms with Gasteiger partial charge in [0.2, 0.25) is 0 Å². The quantitative estimate of drug-likeness (QED) is 0.668. The van der Waals surface area contributed by atoms with E-state index in [1.807, 2.05) is 6.92 Å². The monoisotopic (exact) mass is 216 g/mol. The van der Waals surface area contributed by atoms with Crippen LogP contribution in [-0.2, 0) is 0 Å². The van der Waals surface area contributed by atoms with Crippen molar-refractivity contribution in [2.24, 2.45) is 4.99 Å². The minimum absolute atomic E-state index is 0.373. The highest BCUT2D eigenvalue weighted by Crippen LogP contribution is 2.11. The predicted molar refractivity (Wildman–Crippen MR) is 52.2 cm³/mol. The van der Waals surface area contributed by atoms with Gasteiger partial charge < -0.3 is 5.32 Å². The third kappa shape index (κ3) is 1.83. The molecular formula is C8H13BrN2. The first-order valence-electron chi connectivity index (χ1n) is 3.72. The maximum Gasteiger partial charge on any atom is 0.0624 e. The highest BCUT2D eigenvalue weighted by molar-refractivity contribution is 9.09. The normalized spacial score (nSPS) is 24.7. The van der Waals surface area contributed by atoms with Crippen LogP contribution >= 0.6 is 15.9 Å². The summed E-state index contributed by atoms with van der Waals surface area (Å²) >= 11 is 3.41. The van der Waals surface area contributed by atoms with Crippen molar-refractivity contribution in [3.05, 3.63) is 11.4 Å². The summed E-state index contributed by atoms with van der Waals surface area (Å²) in [6.07, 6.45) is 0. The van der Waals surface area contributed by atoms with Crippen molar-refractivity contribution in [1.82, 2.24) is 5.32 Å². The summed E-state index contributed by atoms with van der Waals surface area (Å²) in [5.74, 6) is 0. The van der Waals surface area contributed by atoms with Gasteiger partial charge in [-0.05, 0) is 20.8 Å². The van der Waals surface area contributed by atoms with E-state index >= 15 is 0 Å². The number of allylic oxidation sites excluding steroid dienone is 2. The lowest BCUT2D eigenvalue weighted by Gasteiger charge is -2.22. The molecule has 0 amide bonds. The molecule has 1 heterocycles. The van der Waals surface area contributed by atoms with Crippen LogP contribution in [0.2, 0.25) is 0 Å². The summed E-state index contributed by atoms with van der Waals surface area (Å²) in [7, 11) is 0. The molecule has 1 aliphatic heterocycles. The van der Waals surface area contributed by atoms with Gasteiger partial charge in [0.05, 0.1) is 17.5 Å². The van der Waals surface area contributed by atoms with Gasteiger partial charge >= 0.3 is 0 Å². The highest BCUT2D eigenvalue weighted by atomic mass is 79.9. The van der Waals surface area contributed by atoms with Crippen molar-refractivity contribution in [2.45, 2.75) is 26.8 Å². The Morgan fingerprint density at radius 1 is 1.55 bits per heavy atom. The molecule has 2 nitrogen and oxygen atoms in total. The Hall–Kier alpha value is -0.310. The minimum atomic E-state index is 0.373. The SMILES string of the molecule is CC1=C(C)NC(C)C(CBr)=N1. The molecule has 0 saturated heterocycles. The molecule has 1 N–H and O–H groups in total. The van der Waals surface area contributed by atoms with E-state index < -0.39 is 0 Å². The molecule has 1 atom stereocenters. The van der Waals surface area contributed by atoms with E-state index in [1.54, 1.807) is 0 Å². The van der Waals surface area contributed by atoms with Gasteiger partial charge in [0, 0.05) is 11.0 Å². The Kier molecular flexibility index (Phi) is 2.71. The molecule has 11 heavy (non-hydrogen) atoms. The van der Waals surface area contributed by atoms with Crippen LogP contribution in [0.5, 0.6) is 0 Å². The molecular weight excluding hydrogens is 204 g/mol. The van der Waals surface area contributed by atoms with Crippen molar-refractivity contribution in [3.8, 4) is 0 Å². The average molecular weight is 217 g/mol. The smallest absolute Gasteiger partial charge is 0.0624 e. The standard InChI is InChI=1S/C8H13BrN2/c1-5-6(2)11-8(4-9)7(3)10-5/h7,10H,4H2,1-3H3. The maximum atomic E-state index is 4.45. The topological polar surface area (TPSA) is 24.4 Å². The van der Waals surface area contributed by atoms with E-state index in [4.69, 9.17) is 0 Å². The fourth-order valence-corrected chi connectivity index (χ4v) is 1.67. The maximum absolute atomic E-state index is 4.45. The number of nitrogens with zero attached hydrogens (tertiary/aromatic N) is 1. The summed E-state index contributed by atoms with van der Waals surface area (Å²) in [6.45, 7) is 6.20.